The van der Waals surface area contributed by atoms with Crippen molar-refractivity contribution in [3.05, 3.63) is 0 Å². The van der Waals surface area contributed by atoms with Gasteiger partial charge in [0.05, 0.1) is 6.61 Å². The van der Waals surface area contributed by atoms with Crippen LogP contribution >= 0.6 is 0 Å². The van der Waals surface area contributed by atoms with E-state index >= 15 is 0 Å². The molecular weight excluding hydrogens is 196 g/mol. The Bertz CT molecular complexity index is 153. The highest BCUT2D eigenvalue weighted by Crippen LogP contribution is 2.07. The Morgan fingerprint density at radius 3 is 2.13 bits per heavy atom. The number of carbonyl (C=O) groups is 1. The van der Waals surface area contributed by atoms with E-state index in [4.69, 9.17) is 14.2 Å². The SMILES string of the molecule is CCOC(=O)CCCC(OCC)OCC. The standard InChI is InChI=1S/C11H22O4/c1-4-13-10(12)8-7-9-11(14-5-2)15-6-3/h11H,4-9H2,1-3H3. The first-order valence-corrected chi connectivity index (χ1v) is 5.63. The number of hydrogen-bond acceptors (Lipinski definition) is 4. The molecule has 0 unspecified atom stereocenters. The number of carbonyl (C=O) groups excluding carboxylic acids is 1. The van der Waals surface area contributed by atoms with Gasteiger partial charge in [-0.2, -0.15) is 0 Å². The summed E-state index contributed by atoms with van der Waals surface area (Å²) in [5, 5.41) is 0. The van der Waals surface area contributed by atoms with E-state index in [1.807, 2.05) is 13.8 Å². The fraction of sp³-hybridized carbons (Fsp3) is 0.909. The van der Waals surface area contributed by atoms with Crippen molar-refractivity contribution >= 4 is 5.97 Å². The molecule has 0 aromatic heterocycles. The molecule has 0 aliphatic carbocycles. The van der Waals surface area contributed by atoms with Gasteiger partial charge in [-0.15, -0.1) is 0 Å². The Balaban J connectivity index is 3.55. The smallest absolute Gasteiger partial charge is 0.305 e. The van der Waals surface area contributed by atoms with Gasteiger partial charge in [0.1, 0.15) is 0 Å². The lowest BCUT2D eigenvalue weighted by Gasteiger charge is -2.16. The van der Waals surface area contributed by atoms with Gasteiger partial charge in [-0.05, 0) is 33.6 Å². The van der Waals surface area contributed by atoms with Gasteiger partial charge in [-0.1, -0.05) is 0 Å². The summed E-state index contributed by atoms with van der Waals surface area (Å²) in [4.78, 5) is 11.0. The predicted octanol–water partition coefficient (Wildman–Crippen LogP) is 2.12. The van der Waals surface area contributed by atoms with Crippen molar-refractivity contribution in [3.63, 3.8) is 0 Å². The molecule has 90 valence electrons. The second kappa shape index (κ2) is 9.93. The van der Waals surface area contributed by atoms with E-state index < -0.39 is 0 Å². The third-order valence-electron chi connectivity index (χ3n) is 1.83. The number of rotatable bonds is 9. The lowest BCUT2D eigenvalue weighted by atomic mass is 10.2. The van der Waals surface area contributed by atoms with Crippen LogP contribution in [0.25, 0.3) is 0 Å². The zero-order chi connectivity index (χ0) is 11.5. The minimum Gasteiger partial charge on any atom is -0.466 e. The Hall–Kier alpha value is -0.610. The highest BCUT2D eigenvalue weighted by Gasteiger charge is 2.09. The van der Waals surface area contributed by atoms with Gasteiger partial charge in [0.2, 0.25) is 0 Å². The zero-order valence-corrected chi connectivity index (χ0v) is 9.95. The normalized spacial score (nSPS) is 10.7. The molecule has 0 aromatic carbocycles. The summed E-state index contributed by atoms with van der Waals surface area (Å²) in [7, 11) is 0. The van der Waals surface area contributed by atoms with E-state index in [0.29, 0.717) is 26.2 Å². The van der Waals surface area contributed by atoms with E-state index in [-0.39, 0.29) is 12.3 Å². The average Bonchev–Trinajstić information content (AvgIpc) is 2.19. The number of esters is 1. The summed E-state index contributed by atoms with van der Waals surface area (Å²) in [6.07, 6.45) is 1.73. The van der Waals surface area contributed by atoms with Crippen molar-refractivity contribution in [2.45, 2.75) is 46.3 Å². The molecule has 0 heterocycles. The summed E-state index contributed by atoms with van der Waals surface area (Å²) < 4.78 is 15.5. The van der Waals surface area contributed by atoms with E-state index in [9.17, 15) is 4.79 Å². The Morgan fingerprint density at radius 2 is 1.67 bits per heavy atom. The molecule has 0 radical (unpaired) electrons. The monoisotopic (exact) mass is 218 g/mol. The molecule has 15 heavy (non-hydrogen) atoms. The Kier molecular flexibility index (Phi) is 9.52. The molecule has 0 saturated heterocycles. The Morgan fingerprint density at radius 1 is 1.07 bits per heavy atom. The molecule has 0 saturated carbocycles. The van der Waals surface area contributed by atoms with Gasteiger partial charge in [-0.3, -0.25) is 4.79 Å². The first-order valence-electron chi connectivity index (χ1n) is 5.63. The van der Waals surface area contributed by atoms with Crippen molar-refractivity contribution in [2.75, 3.05) is 19.8 Å². The summed E-state index contributed by atoms with van der Waals surface area (Å²) in [6.45, 7) is 7.36. The van der Waals surface area contributed by atoms with Gasteiger partial charge in [0.25, 0.3) is 0 Å². The second-order valence-electron chi connectivity index (χ2n) is 3.04. The lowest BCUT2D eigenvalue weighted by molar-refractivity contribution is -0.147. The molecule has 0 fully saturated rings. The van der Waals surface area contributed by atoms with Crippen LogP contribution in [0.2, 0.25) is 0 Å². The fourth-order valence-corrected chi connectivity index (χ4v) is 1.23. The van der Waals surface area contributed by atoms with Crippen molar-refractivity contribution in [3.8, 4) is 0 Å². The van der Waals surface area contributed by atoms with Gasteiger partial charge in [0, 0.05) is 19.6 Å². The molecule has 0 aliphatic rings. The van der Waals surface area contributed by atoms with Crippen LogP contribution in [0.4, 0.5) is 0 Å². The van der Waals surface area contributed by atoms with Crippen molar-refractivity contribution in [1.29, 1.82) is 0 Å². The van der Waals surface area contributed by atoms with Gasteiger partial charge in [0.15, 0.2) is 6.29 Å². The Labute approximate surface area is 91.9 Å². The molecule has 0 aliphatic heterocycles. The van der Waals surface area contributed by atoms with E-state index in [2.05, 4.69) is 0 Å². The molecule has 0 amide bonds. The highest BCUT2D eigenvalue weighted by atomic mass is 16.7. The quantitative estimate of drug-likeness (QED) is 0.439. The van der Waals surface area contributed by atoms with E-state index in [1.54, 1.807) is 6.92 Å². The van der Waals surface area contributed by atoms with Crippen LogP contribution in [-0.2, 0) is 19.0 Å². The molecule has 0 bridgehead atoms. The zero-order valence-electron chi connectivity index (χ0n) is 9.95. The van der Waals surface area contributed by atoms with E-state index in [0.717, 1.165) is 12.8 Å². The van der Waals surface area contributed by atoms with Crippen molar-refractivity contribution < 1.29 is 19.0 Å². The molecular formula is C11H22O4. The highest BCUT2D eigenvalue weighted by molar-refractivity contribution is 5.69. The van der Waals surface area contributed by atoms with Gasteiger partial charge in [-0.25, -0.2) is 0 Å². The minimum absolute atomic E-state index is 0.149. The average molecular weight is 218 g/mol. The van der Waals surface area contributed by atoms with Crippen LogP contribution in [-0.4, -0.2) is 32.1 Å². The van der Waals surface area contributed by atoms with Crippen LogP contribution in [0.5, 0.6) is 0 Å². The first-order chi connectivity index (χ1) is 7.24. The topological polar surface area (TPSA) is 44.8 Å². The largest absolute Gasteiger partial charge is 0.466 e. The maximum absolute atomic E-state index is 11.0. The molecule has 0 atom stereocenters. The molecule has 0 aromatic rings. The van der Waals surface area contributed by atoms with Gasteiger partial charge < -0.3 is 14.2 Å². The molecule has 0 N–H and O–H groups in total. The van der Waals surface area contributed by atoms with E-state index in [1.165, 1.54) is 0 Å². The van der Waals surface area contributed by atoms with Crippen LogP contribution < -0.4 is 0 Å². The summed E-state index contributed by atoms with van der Waals surface area (Å²) in [5.41, 5.74) is 0. The van der Waals surface area contributed by atoms with Crippen LogP contribution in [0.3, 0.4) is 0 Å². The lowest BCUT2D eigenvalue weighted by Crippen LogP contribution is -2.17. The molecule has 4 heteroatoms. The van der Waals surface area contributed by atoms with Crippen LogP contribution in [0, 0.1) is 0 Å². The maximum Gasteiger partial charge on any atom is 0.305 e. The van der Waals surface area contributed by atoms with Crippen LogP contribution in [0.1, 0.15) is 40.0 Å². The summed E-state index contributed by atoms with van der Waals surface area (Å²) in [6, 6.07) is 0. The first kappa shape index (κ1) is 14.4. The third kappa shape index (κ3) is 8.39. The number of ether oxygens (including phenoxy) is 3. The predicted molar refractivity (Wildman–Crippen MR) is 57.5 cm³/mol. The second-order valence-corrected chi connectivity index (χ2v) is 3.04. The summed E-state index contributed by atoms with van der Waals surface area (Å²) in [5.74, 6) is -0.149. The summed E-state index contributed by atoms with van der Waals surface area (Å²) >= 11 is 0. The third-order valence-corrected chi connectivity index (χ3v) is 1.83. The van der Waals surface area contributed by atoms with Gasteiger partial charge >= 0.3 is 5.97 Å². The maximum atomic E-state index is 11.0. The molecule has 0 rings (SSSR count). The molecule has 4 nitrogen and oxygen atoms in total. The fourth-order valence-electron chi connectivity index (χ4n) is 1.23. The van der Waals surface area contributed by atoms with Crippen molar-refractivity contribution in [2.24, 2.45) is 0 Å². The minimum atomic E-state index is -0.186. The van der Waals surface area contributed by atoms with Crippen molar-refractivity contribution in [1.82, 2.24) is 0 Å². The van der Waals surface area contributed by atoms with Crippen LogP contribution in [0.15, 0.2) is 0 Å². The number of hydrogen-bond donors (Lipinski definition) is 0. The molecule has 0 spiro atoms.